The standard InChI is InChI=1S/C19H27N3O3/c1-3-13(2)17-18(23)21-16-7-5-4-6-14(16)12-22(17)19(24)20-15-8-10-25-11-9-15/h4-7,13,15,17H,3,8-12H2,1-2H3,(H,20,24)(H,21,23). The van der Waals surface area contributed by atoms with Gasteiger partial charge < -0.3 is 20.3 Å². The number of benzene rings is 1. The monoisotopic (exact) mass is 345 g/mol. The van der Waals surface area contributed by atoms with Crippen LogP contribution in [0.15, 0.2) is 24.3 Å². The van der Waals surface area contributed by atoms with Gasteiger partial charge in [0.15, 0.2) is 0 Å². The molecule has 6 heteroatoms. The number of hydrogen-bond donors (Lipinski definition) is 2. The van der Waals surface area contributed by atoms with E-state index < -0.39 is 6.04 Å². The van der Waals surface area contributed by atoms with Crippen molar-refractivity contribution in [1.29, 1.82) is 0 Å². The van der Waals surface area contributed by atoms with Gasteiger partial charge in [-0.2, -0.15) is 0 Å². The van der Waals surface area contributed by atoms with Crippen LogP contribution in [0.2, 0.25) is 0 Å². The highest BCUT2D eigenvalue weighted by Gasteiger charge is 2.37. The van der Waals surface area contributed by atoms with Gasteiger partial charge in [0, 0.05) is 24.9 Å². The molecule has 136 valence electrons. The van der Waals surface area contributed by atoms with E-state index >= 15 is 0 Å². The van der Waals surface area contributed by atoms with E-state index in [1.807, 2.05) is 38.1 Å². The average molecular weight is 345 g/mol. The molecule has 2 aliphatic heterocycles. The molecule has 1 fully saturated rings. The first-order valence-corrected chi connectivity index (χ1v) is 9.13. The van der Waals surface area contributed by atoms with Crippen LogP contribution in [0.4, 0.5) is 10.5 Å². The summed E-state index contributed by atoms with van der Waals surface area (Å²) in [7, 11) is 0. The molecule has 2 unspecified atom stereocenters. The first kappa shape index (κ1) is 17.7. The normalized spacial score (nSPS) is 22.6. The van der Waals surface area contributed by atoms with Crippen LogP contribution in [-0.2, 0) is 16.1 Å². The van der Waals surface area contributed by atoms with Gasteiger partial charge in [-0.25, -0.2) is 4.79 Å². The Morgan fingerprint density at radius 3 is 2.80 bits per heavy atom. The molecular formula is C19H27N3O3. The molecule has 1 aromatic rings. The second-order valence-corrected chi connectivity index (χ2v) is 6.94. The Bertz CT molecular complexity index is 628. The number of carbonyl (C=O) groups excluding carboxylic acids is 2. The van der Waals surface area contributed by atoms with E-state index in [0.717, 1.165) is 30.5 Å². The lowest BCUT2D eigenvalue weighted by Crippen LogP contribution is -2.54. The second-order valence-electron chi connectivity index (χ2n) is 6.94. The number of nitrogens with zero attached hydrogens (tertiary/aromatic N) is 1. The number of nitrogens with one attached hydrogen (secondary N) is 2. The highest BCUT2D eigenvalue weighted by Crippen LogP contribution is 2.27. The summed E-state index contributed by atoms with van der Waals surface area (Å²) in [5, 5.41) is 6.10. The maximum atomic E-state index is 13.0. The SMILES string of the molecule is CCC(C)C1C(=O)Nc2ccccc2CN1C(=O)NC1CCOCC1. The highest BCUT2D eigenvalue weighted by molar-refractivity contribution is 5.98. The lowest BCUT2D eigenvalue weighted by molar-refractivity contribution is -0.122. The number of amides is 3. The van der Waals surface area contributed by atoms with Gasteiger partial charge >= 0.3 is 6.03 Å². The molecule has 0 radical (unpaired) electrons. The molecule has 1 saturated heterocycles. The molecule has 3 amide bonds. The van der Waals surface area contributed by atoms with E-state index in [0.29, 0.717) is 19.8 Å². The minimum Gasteiger partial charge on any atom is -0.381 e. The van der Waals surface area contributed by atoms with Crippen molar-refractivity contribution < 1.29 is 14.3 Å². The second kappa shape index (κ2) is 7.87. The number of anilines is 1. The van der Waals surface area contributed by atoms with Crippen LogP contribution in [-0.4, -0.2) is 42.1 Å². The highest BCUT2D eigenvalue weighted by atomic mass is 16.5. The first-order valence-electron chi connectivity index (χ1n) is 9.13. The van der Waals surface area contributed by atoms with Crippen LogP contribution < -0.4 is 10.6 Å². The van der Waals surface area contributed by atoms with Crippen LogP contribution in [0.3, 0.4) is 0 Å². The molecule has 0 spiro atoms. The Morgan fingerprint density at radius 2 is 2.08 bits per heavy atom. The molecule has 2 N–H and O–H groups in total. The van der Waals surface area contributed by atoms with Crippen LogP contribution in [0.25, 0.3) is 0 Å². The third-order valence-corrected chi connectivity index (χ3v) is 5.21. The number of hydrogen-bond acceptors (Lipinski definition) is 3. The fraction of sp³-hybridized carbons (Fsp3) is 0.579. The summed E-state index contributed by atoms with van der Waals surface area (Å²) in [6, 6.07) is 7.16. The lowest BCUT2D eigenvalue weighted by Gasteiger charge is -2.34. The van der Waals surface area contributed by atoms with Crippen molar-refractivity contribution in [3.8, 4) is 0 Å². The van der Waals surface area contributed by atoms with E-state index in [4.69, 9.17) is 4.74 Å². The van der Waals surface area contributed by atoms with E-state index in [-0.39, 0.29) is 23.9 Å². The third kappa shape index (κ3) is 3.95. The van der Waals surface area contributed by atoms with E-state index in [1.165, 1.54) is 0 Å². The average Bonchev–Trinajstić information content (AvgIpc) is 2.77. The smallest absolute Gasteiger partial charge is 0.318 e. The fourth-order valence-corrected chi connectivity index (χ4v) is 3.50. The van der Waals surface area contributed by atoms with E-state index in [2.05, 4.69) is 10.6 Å². The molecule has 3 rings (SSSR count). The molecule has 1 aromatic carbocycles. The topological polar surface area (TPSA) is 70.7 Å². The zero-order valence-corrected chi connectivity index (χ0v) is 15.0. The largest absolute Gasteiger partial charge is 0.381 e. The molecule has 2 aliphatic rings. The van der Waals surface area contributed by atoms with Gasteiger partial charge in [0.05, 0.1) is 6.54 Å². The maximum Gasteiger partial charge on any atom is 0.318 e. The Labute approximate surface area is 148 Å². The van der Waals surface area contributed by atoms with Crippen LogP contribution in [0, 0.1) is 5.92 Å². The van der Waals surface area contributed by atoms with Crippen molar-refractivity contribution in [2.45, 2.75) is 51.7 Å². The summed E-state index contributed by atoms with van der Waals surface area (Å²) >= 11 is 0. The van der Waals surface area contributed by atoms with E-state index in [1.54, 1.807) is 4.90 Å². The summed E-state index contributed by atoms with van der Waals surface area (Å²) < 4.78 is 5.36. The molecule has 2 atom stereocenters. The Kier molecular flexibility index (Phi) is 5.58. The van der Waals surface area contributed by atoms with Gasteiger partial charge in [0.1, 0.15) is 6.04 Å². The van der Waals surface area contributed by atoms with Crippen molar-refractivity contribution >= 4 is 17.6 Å². The van der Waals surface area contributed by atoms with Crippen molar-refractivity contribution in [3.05, 3.63) is 29.8 Å². The van der Waals surface area contributed by atoms with Crippen LogP contribution >= 0.6 is 0 Å². The van der Waals surface area contributed by atoms with Crippen molar-refractivity contribution in [2.75, 3.05) is 18.5 Å². The quantitative estimate of drug-likeness (QED) is 0.885. The van der Waals surface area contributed by atoms with Gasteiger partial charge in [-0.15, -0.1) is 0 Å². The summed E-state index contributed by atoms with van der Waals surface area (Å²) in [6.45, 7) is 5.84. The van der Waals surface area contributed by atoms with Gasteiger partial charge in [-0.05, 0) is 30.4 Å². The first-order chi connectivity index (χ1) is 12.1. The van der Waals surface area contributed by atoms with Gasteiger partial charge in [0.25, 0.3) is 0 Å². The number of para-hydroxylation sites is 1. The zero-order chi connectivity index (χ0) is 17.8. The Morgan fingerprint density at radius 1 is 1.36 bits per heavy atom. The van der Waals surface area contributed by atoms with Crippen LogP contribution in [0.5, 0.6) is 0 Å². The van der Waals surface area contributed by atoms with Gasteiger partial charge in [-0.3, -0.25) is 4.79 Å². The Hall–Kier alpha value is -2.08. The van der Waals surface area contributed by atoms with E-state index in [9.17, 15) is 9.59 Å². The molecular weight excluding hydrogens is 318 g/mol. The van der Waals surface area contributed by atoms with Crippen molar-refractivity contribution in [2.24, 2.45) is 5.92 Å². The van der Waals surface area contributed by atoms with Crippen molar-refractivity contribution in [3.63, 3.8) is 0 Å². The molecule has 25 heavy (non-hydrogen) atoms. The summed E-state index contributed by atoms with van der Waals surface area (Å²) in [4.78, 5) is 27.5. The number of carbonyl (C=O) groups is 2. The minimum atomic E-state index is -0.475. The molecule has 0 bridgehead atoms. The van der Waals surface area contributed by atoms with Crippen LogP contribution in [0.1, 0.15) is 38.7 Å². The number of ether oxygens (including phenoxy) is 1. The molecule has 0 aliphatic carbocycles. The molecule has 0 saturated carbocycles. The summed E-state index contributed by atoms with van der Waals surface area (Å²) in [6.07, 6.45) is 2.46. The fourth-order valence-electron chi connectivity index (χ4n) is 3.50. The summed E-state index contributed by atoms with van der Waals surface area (Å²) in [5.41, 5.74) is 1.76. The molecule has 2 heterocycles. The summed E-state index contributed by atoms with van der Waals surface area (Å²) in [5.74, 6) is -0.0313. The third-order valence-electron chi connectivity index (χ3n) is 5.21. The molecule has 0 aromatic heterocycles. The predicted molar refractivity (Wildman–Crippen MR) is 96.2 cm³/mol. The Balaban J connectivity index is 1.85. The maximum absolute atomic E-state index is 13.0. The molecule has 6 nitrogen and oxygen atoms in total. The lowest BCUT2D eigenvalue weighted by atomic mass is 9.97. The number of rotatable bonds is 3. The number of urea groups is 1. The minimum absolute atomic E-state index is 0.0785. The predicted octanol–water partition coefficient (Wildman–Crippen LogP) is 2.74. The number of fused-ring (bicyclic) bond motifs is 1. The zero-order valence-electron chi connectivity index (χ0n) is 15.0. The van der Waals surface area contributed by atoms with Gasteiger partial charge in [-0.1, -0.05) is 38.5 Å². The van der Waals surface area contributed by atoms with Crippen molar-refractivity contribution in [1.82, 2.24) is 10.2 Å². The van der Waals surface area contributed by atoms with Gasteiger partial charge in [0.2, 0.25) is 5.91 Å².